The molecule has 1 saturated heterocycles. The maximum absolute atomic E-state index is 12.7. The first-order valence-corrected chi connectivity index (χ1v) is 7.82. The van der Waals surface area contributed by atoms with Crippen LogP contribution in [0, 0.1) is 0 Å². The highest BCUT2D eigenvalue weighted by Gasteiger charge is 2.25. The molecular weight excluding hydrogens is 300 g/mol. The van der Waals surface area contributed by atoms with Gasteiger partial charge in [-0.05, 0) is 32.0 Å². The van der Waals surface area contributed by atoms with Gasteiger partial charge in [0, 0.05) is 29.7 Å². The molecule has 0 radical (unpaired) electrons. The Kier molecular flexibility index (Phi) is 4.45. The van der Waals surface area contributed by atoms with E-state index in [1.54, 1.807) is 6.20 Å². The standard InChI is InChI=1S/C16H19ClN4O/c1-18-13-5-7-21(8-6-13)16(22)14-10-19-20-15(14)11-3-2-4-12(17)9-11/h2-4,9-10,13,18H,5-8H2,1H3,(H,19,20). The summed E-state index contributed by atoms with van der Waals surface area (Å²) >= 11 is 6.04. The van der Waals surface area contributed by atoms with E-state index in [-0.39, 0.29) is 5.91 Å². The van der Waals surface area contributed by atoms with Crippen LogP contribution >= 0.6 is 11.6 Å². The van der Waals surface area contributed by atoms with E-state index in [9.17, 15) is 4.79 Å². The number of carbonyl (C=O) groups is 1. The summed E-state index contributed by atoms with van der Waals surface area (Å²) in [6.07, 6.45) is 3.56. The van der Waals surface area contributed by atoms with Crippen molar-refractivity contribution < 1.29 is 4.79 Å². The average Bonchev–Trinajstić information content (AvgIpc) is 3.04. The van der Waals surface area contributed by atoms with E-state index in [4.69, 9.17) is 11.6 Å². The average molecular weight is 319 g/mol. The minimum atomic E-state index is 0.0262. The number of likely N-dealkylation sites (tertiary alicyclic amines) is 1. The fourth-order valence-corrected chi connectivity index (χ4v) is 3.04. The maximum Gasteiger partial charge on any atom is 0.257 e. The number of H-pyrrole nitrogens is 1. The molecule has 1 aliphatic heterocycles. The fourth-order valence-electron chi connectivity index (χ4n) is 2.85. The minimum Gasteiger partial charge on any atom is -0.338 e. The van der Waals surface area contributed by atoms with Gasteiger partial charge in [0.2, 0.25) is 0 Å². The summed E-state index contributed by atoms with van der Waals surface area (Å²) in [7, 11) is 1.97. The van der Waals surface area contributed by atoms with Crippen LogP contribution in [-0.2, 0) is 0 Å². The first kappa shape index (κ1) is 15.1. The van der Waals surface area contributed by atoms with Gasteiger partial charge in [0.25, 0.3) is 5.91 Å². The number of aromatic amines is 1. The molecule has 5 nitrogen and oxygen atoms in total. The predicted molar refractivity (Wildman–Crippen MR) is 87.0 cm³/mol. The number of halogens is 1. The van der Waals surface area contributed by atoms with Gasteiger partial charge < -0.3 is 10.2 Å². The summed E-state index contributed by atoms with van der Waals surface area (Å²) in [6, 6.07) is 7.93. The second-order valence-electron chi connectivity index (χ2n) is 5.52. The van der Waals surface area contributed by atoms with Gasteiger partial charge in [0.15, 0.2) is 0 Å². The molecule has 1 amide bonds. The van der Waals surface area contributed by atoms with Crippen LogP contribution in [0.15, 0.2) is 30.5 Å². The number of nitrogens with one attached hydrogen (secondary N) is 2. The highest BCUT2D eigenvalue weighted by atomic mass is 35.5. The van der Waals surface area contributed by atoms with Crippen molar-refractivity contribution in [2.45, 2.75) is 18.9 Å². The van der Waals surface area contributed by atoms with Crippen LogP contribution in [-0.4, -0.2) is 47.2 Å². The molecule has 2 heterocycles. The number of rotatable bonds is 3. The number of piperidine rings is 1. The molecule has 0 spiro atoms. The van der Waals surface area contributed by atoms with E-state index in [1.807, 2.05) is 36.2 Å². The zero-order chi connectivity index (χ0) is 15.5. The van der Waals surface area contributed by atoms with Crippen LogP contribution in [0.5, 0.6) is 0 Å². The number of benzene rings is 1. The summed E-state index contributed by atoms with van der Waals surface area (Å²) in [6.45, 7) is 1.54. The number of hydrogen-bond acceptors (Lipinski definition) is 3. The molecule has 0 aliphatic carbocycles. The summed E-state index contributed by atoms with van der Waals surface area (Å²) < 4.78 is 0. The normalized spacial score (nSPS) is 16.0. The maximum atomic E-state index is 12.7. The van der Waals surface area contributed by atoms with Crippen LogP contribution < -0.4 is 5.32 Å². The molecule has 1 aliphatic rings. The van der Waals surface area contributed by atoms with Crippen molar-refractivity contribution in [3.05, 3.63) is 41.0 Å². The van der Waals surface area contributed by atoms with Crippen LogP contribution in [0.1, 0.15) is 23.2 Å². The van der Waals surface area contributed by atoms with Gasteiger partial charge >= 0.3 is 0 Å². The molecule has 0 unspecified atom stereocenters. The molecule has 0 atom stereocenters. The van der Waals surface area contributed by atoms with Crippen LogP contribution in [0.3, 0.4) is 0 Å². The molecule has 2 N–H and O–H groups in total. The lowest BCUT2D eigenvalue weighted by molar-refractivity contribution is 0.0708. The van der Waals surface area contributed by atoms with E-state index in [1.165, 1.54) is 0 Å². The van der Waals surface area contributed by atoms with Crippen LogP contribution in [0.2, 0.25) is 5.02 Å². The third-order valence-electron chi connectivity index (χ3n) is 4.17. The zero-order valence-electron chi connectivity index (χ0n) is 12.5. The van der Waals surface area contributed by atoms with Gasteiger partial charge in [-0.2, -0.15) is 5.10 Å². The van der Waals surface area contributed by atoms with E-state index < -0.39 is 0 Å². The lowest BCUT2D eigenvalue weighted by atomic mass is 10.0. The monoisotopic (exact) mass is 318 g/mol. The van der Waals surface area contributed by atoms with Crippen LogP contribution in [0.4, 0.5) is 0 Å². The molecule has 0 saturated carbocycles. The Balaban J connectivity index is 1.81. The quantitative estimate of drug-likeness (QED) is 0.914. The number of aromatic nitrogens is 2. The Hall–Kier alpha value is -1.85. The summed E-state index contributed by atoms with van der Waals surface area (Å²) in [4.78, 5) is 14.6. The first-order chi connectivity index (χ1) is 10.7. The van der Waals surface area contributed by atoms with Crippen LogP contribution in [0.25, 0.3) is 11.3 Å². The summed E-state index contributed by atoms with van der Waals surface area (Å²) in [5, 5.41) is 10.9. The number of hydrogen-bond donors (Lipinski definition) is 2. The van der Waals surface area contributed by atoms with Crippen molar-refractivity contribution in [1.29, 1.82) is 0 Å². The van der Waals surface area contributed by atoms with E-state index >= 15 is 0 Å². The highest BCUT2D eigenvalue weighted by Crippen LogP contribution is 2.25. The lowest BCUT2D eigenvalue weighted by Gasteiger charge is -2.31. The molecular formula is C16H19ClN4O. The minimum absolute atomic E-state index is 0.0262. The van der Waals surface area contributed by atoms with Gasteiger partial charge in [-0.3, -0.25) is 9.89 Å². The molecule has 1 aromatic heterocycles. The number of carbonyl (C=O) groups excluding carboxylic acids is 1. The van der Waals surface area contributed by atoms with Gasteiger partial charge in [0.05, 0.1) is 17.5 Å². The largest absolute Gasteiger partial charge is 0.338 e. The Morgan fingerprint density at radius 2 is 2.18 bits per heavy atom. The molecule has 6 heteroatoms. The summed E-state index contributed by atoms with van der Waals surface area (Å²) in [5.74, 6) is 0.0262. The Labute approximate surface area is 134 Å². The summed E-state index contributed by atoms with van der Waals surface area (Å²) in [5.41, 5.74) is 2.20. The second-order valence-corrected chi connectivity index (χ2v) is 5.96. The number of nitrogens with zero attached hydrogens (tertiary/aromatic N) is 2. The van der Waals surface area contributed by atoms with Crippen molar-refractivity contribution in [2.75, 3.05) is 20.1 Å². The van der Waals surface area contributed by atoms with Crippen molar-refractivity contribution in [1.82, 2.24) is 20.4 Å². The van der Waals surface area contributed by atoms with Gasteiger partial charge in [0.1, 0.15) is 0 Å². The third kappa shape index (κ3) is 3.00. The van der Waals surface area contributed by atoms with E-state index in [2.05, 4.69) is 15.5 Å². The third-order valence-corrected chi connectivity index (χ3v) is 4.41. The topological polar surface area (TPSA) is 61.0 Å². The van der Waals surface area contributed by atoms with E-state index in [0.29, 0.717) is 16.6 Å². The lowest BCUT2D eigenvalue weighted by Crippen LogP contribution is -2.44. The zero-order valence-corrected chi connectivity index (χ0v) is 13.2. The molecule has 3 rings (SSSR count). The second kappa shape index (κ2) is 6.50. The molecule has 116 valence electrons. The first-order valence-electron chi connectivity index (χ1n) is 7.45. The smallest absolute Gasteiger partial charge is 0.257 e. The van der Waals surface area contributed by atoms with Gasteiger partial charge in [-0.25, -0.2) is 0 Å². The molecule has 22 heavy (non-hydrogen) atoms. The van der Waals surface area contributed by atoms with Gasteiger partial charge in [-0.15, -0.1) is 0 Å². The Morgan fingerprint density at radius 1 is 1.41 bits per heavy atom. The van der Waals surface area contributed by atoms with Crippen molar-refractivity contribution in [2.24, 2.45) is 0 Å². The predicted octanol–water partition coefficient (Wildman–Crippen LogP) is 2.55. The molecule has 0 bridgehead atoms. The highest BCUT2D eigenvalue weighted by molar-refractivity contribution is 6.30. The Bertz CT molecular complexity index is 662. The van der Waals surface area contributed by atoms with Crippen molar-refractivity contribution in [3.63, 3.8) is 0 Å². The molecule has 2 aromatic rings. The van der Waals surface area contributed by atoms with Crippen molar-refractivity contribution >= 4 is 17.5 Å². The molecule has 1 fully saturated rings. The fraction of sp³-hybridized carbons (Fsp3) is 0.375. The molecule has 1 aromatic carbocycles. The SMILES string of the molecule is CNC1CCN(C(=O)c2cn[nH]c2-c2cccc(Cl)c2)CC1. The van der Waals surface area contributed by atoms with Crippen molar-refractivity contribution in [3.8, 4) is 11.3 Å². The Morgan fingerprint density at radius 3 is 2.86 bits per heavy atom. The number of amides is 1. The van der Waals surface area contributed by atoms with E-state index in [0.717, 1.165) is 37.2 Å². The van der Waals surface area contributed by atoms with Gasteiger partial charge in [-0.1, -0.05) is 23.7 Å².